The summed E-state index contributed by atoms with van der Waals surface area (Å²) in [5.74, 6) is 0.794. The molecule has 1 aromatic heterocycles. The minimum atomic E-state index is 0.794. The maximum absolute atomic E-state index is 2.49. The van der Waals surface area contributed by atoms with E-state index in [0.717, 1.165) is 5.92 Å². The second-order valence-corrected chi connectivity index (χ2v) is 4.17. The van der Waals surface area contributed by atoms with E-state index in [1.807, 2.05) is 0 Å². The van der Waals surface area contributed by atoms with Crippen molar-refractivity contribution in [2.45, 2.75) is 32.2 Å². The molecule has 1 atom stereocenters. The molecule has 3 rings (SSSR count). The molecular formula is C13H15N. The monoisotopic (exact) mass is 185 g/mol. The normalized spacial score (nSPS) is 20.2. The number of nitrogens with zero attached hydrogens (tertiary/aromatic N) is 1. The van der Waals surface area contributed by atoms with Crippen LogP contribution in [-0.2, 0) is 6.54 Å². The third-order valence-corrected chi connectivity index (χ3v) is 3.45. The lowest BCUT2D eigenvalue weighted by Crippen LogP contribution is -1.91. The molecule has 2 heterocycles. The molecule has 0 aliphatic carbocycles. The van der Waals surface area contributed by atoms with Gasteiger partial charge in [-0.05, 0) is 30.4 Å². The maximum Gasteiger partial charge on any atom is 0.0482 e. The van der Waals surface area contributed by atoms with Gasteiger partial charge in [0.1, 0.15) is 0 Å². The predicted molar refractivity (Wildman–Crippen MR) is 59.6 cm³/mol. The summed E-state index contributed by atoms with van der Waals surface area (Å²) in [6, 6.07) is 11.1. The molecule has 0 saturated heterocycles. The highest BCUT2D eigenvalue weighted by Crippen LogP contribution is 2.35. The molecule has 1 unspecified atom stereocenters. The molecule has 0 amide bonds. The highest BCUT2D eigenvalue weighted by Gasteiger charge is 2.22. The fourth-order valence-electron chi connectivity index (χ4n) is 2.67. The van der Waals surface area contributed by atoms with Gasteiger partial charge in [0.15, 0.2) is 0 Å². The SMILES string of the molecule is CCC1CCn2c1cc1ccccc12. The van der Waals surface area contributed by atoms with Crippen LogP contribution in [0.1, 0.15) is 31.4 Å². The first kappa shape index (κ1) is 8.10. The van der Waals surface area contributed by atoms with Crippen LogP contribution in [0.4, 0.5) is 0 Å². The second kappa shape index (κ2) is 2.88. The van der Waals surface area contributed by atoms with Crippen LogP contribution in [0, 0.1) is 0 Å². The fourth-order valence-corrected chi connectivity index (χ4v) is 2.67. The fraction of sp³-hybridized carbons (Fsp3) is 0.385. The molecule has 0 N–H and O–H groups in total. The number of hydrogen-bond acceptors (Lipinski definition) is 0. The summed E-state index contributed by atoms with van der Waals surface area (Å²) in [5.41, 5.74) is 2.96. The summed E-state index contributed by atoms with van der Waals surface area (Å²) in [6.45, 7) is 3.50. The zero-order chi connectivity index (χ0) is 9.54. The Kier molecular flexibility index (Phi) is 1.66. The quantitative estimate of drug-likeness (QED) is 0.640. The molecule has 1 aliphatic heterocycles. The molecule has 0 spiro atoms. The van der Waals surface area contributed by atoms with Gasteiger partial charge in [0.25, 0.3) is 0 Å². The Labute approximate surface area is 84.4 Å². The summed E-state index contributed by atoms with van der Waals surface area (Å²) in [4.78, 5) is 0. The van der Waals surface area contributed by atoms with E-state index in [2.05, 4.69) is 41.8 Å². The molecule has 2 aromatic rings. The van der Waals surface area contributed by atoms with Crippen LogP contribution in [0.15, 0.2) is 30.3 Å². The van der Waals surface area contributed by atoms with Crippen molar-refractivity contribution in [3.05, 3.63) is 36.0 Å². The third-order valence-electron chi connectivity index (χ3n) is 3.45. The Morgan fingerprint density at radius 3 is 3.07 bits per heavy atom. The summed E-state index contributed by atoms with van der Waals surface area (Å²) in [6.07, 6.45) is 2.60. The van der Waals surface area contributed by atoms with Gasteiger partial charge in [-0.15, -0.1) is 0 Å². The van der Waals surface area contributed by atoms with Crippen LogP contribution in [0.5, 0.6) is 0 Å². The first-order valence-electron chi connectivity index (χ1n) is 5.48. The number of fused-ring (bicyclic) bond motifs is 3. The molecule has 0 radical (unpaired) electrons. The van der Waals surface area contributed by atoms with Gasteiger partial charge in [0.2, 0.25) is 0 Å². The Morgan fingerprint density at radius 1 is 1.36 bits per heavy atom. The van der Waals surface area contributed by atoms with Gasteiger partial charge in [0, 0.05) is 23.7 Å². The van der Waals surface area contributed by atoms with Crippen LogP contribution in [0.2, 0.25) is 0 Å². The summed E-state index contributed by atoms with van der Waals surface area (Å²) < 4.78 is 2.49. The molecule has 72 valence electrons. The van der Waals surface area contributed by atoms with Gasteiger partial charge in [-0.25, -0.2) is 0 Å². The zero-order valence-electron chi connectivity index (χ0n) is 8.53. The Hall–Kier alpha value is -1.24. The first-order valence-corrected chi connectivity index (χ1v) is 5.48. The van der Waals surface area contributed by atoms with E-state index in [-0.39, 0.29) is 0 Å². The molecular weight excluding hydrogens is 170 g/mol. The van der Waals surface area contributed by atoms with Crippen LogP contribution < -0.4 is 0 Å². The van der Waals surface area contributed by atoms with Gasteiger partial charge < -0.3 is 4.57 Å². The average Bonchev–Trinajstić information content (AvgIpc) is 2.75. The van der Waals surface area contributed by atoms with Crippen LogP contribution in [0.3, 0.4) is 0 Å². The summed E-state index contributed by atoms with van der Waals surface area (Å²) in [5, 5.41) is 1.40. The number of para-hydroxylation sites is 1. The van der Waals surface area contributed by atoms with E-state index in [4.69, 9.17) is 0 Å². The predicted octanol–water partition coefficient (Wildman–Crippen LogP) is 3.54. The molecule has 1 aliphatic rings. The number of hydrogen-bond donors (Lipinski definition) is 0. The van der Waals surface area contributed by atoms with Gasteiger partial charge in [-0.1, -0.05) is 25.1 Å². The lowest BCUT2D eigenvalue weighted by molar-refractivity contribution is 0.646. The number of rotatable bonds is 1. The van der Waals surface area contributed by atoms with Crippen LogP contribution >= 0.6 is 0 Å². The van der Waals surface area contributed by atoms with Gasteiger partial charge in [-0.2, -0.15) is 0 Å². The zero-order valence-corrected chi connectivity index (χ0v) is 8.53. The molecule has 1 nitrogen and oxygen atoms in total. The molecule has 1 heteroatoms. The van der Waals surface area contributed by atoms with Crippen molar-refractivity contribution in [1.29, 1.82) is 0 Å². The van der Waals surface area contributed by atoms with Crippen molar-refractivity contribution >= 4 is 10.9 Å². The summed E-state index contributed by atoms with van der Waals surface area (Å²) in [7, 11) is 0. The summed E-state index contributed by atoms with van der Waals surface area (Å²) >= 11 is 0. The van der Waals surface area contributed by atoms with E-state index in [1.54, 1.807) is 5.69 Å². The Balaban J connectivity index is 2.26. The van der Waals surface area contributed by atoms with Crippen LogP contribution in [0.25, 0.3) is 10.9 Å². The molecule has 0 saturated carbocycles. The smallest absolute Gasteiger partial charge is 0.0482 e. The number of benzene rings is 1. The van der Waals surface area contributed by atoms with Gasteiger partial charge in [0.05, 0.1) is 0 Å². The van der Waals surface area contributed by atoms with Crippen molar-refractivity contribution in [2.75, 3.05) is 0 Å². The topological polar surface area (TPSA) is 4.93 Å². The minimum absolute atomic E-state index is 0.794. The van der Waals surface area contributed by atoms with Crippen molar-refractivity contribution in [3.8, 4) is 0 Å². The molecule has 14 heavy (non-hydrogen) atoms. The van der Waals surface area contributed by atoms with Crippen molar-refractivity contribution in [2.24, 2.45) is 0 Å². The lowest BCUT2D eigenvalue weighted by atomic mass is 10.0. The molecule has 0 bridgehead atoms. The Morgan fingerprint density at radius 2 is 2.21 bits per heavy atom. The largest absolute Gasteiger partial charge is 0.344 e. The van der Waals surface area contributed by atoms with Crippen LogP contribution in [-0.4, -0.2) is 4.57 Å². The highest BCUT2D eigenvalue weighted by molar-refractivity contribution is 5.81. The van der Waals surface area contributed by atoms with Crippen molar-refractivity contribution in [3.63, 3.8) is 0 Å². The average molecular weight is 185 g/mol. The molecule has 1 aromatic carbocycles. The van der Waals surface area contributed by atoms with Gasteiger partial charge >= 0.3 is 0 Å². The van der Waals surface area contributed by atoms with E-state index >= 15 is 0 Å². The van der Waals surface area contributed by atoms with Crippen molar-refractivity contribution in [1.82, 2.24) is 4.57 Å². The first-order chi connectivity index (χ1) is 6.90. The number of aryl methyl sites for hydroxylation is 1. The van der Waals surface area contributed by atoms with E-state index < -0.39 is 0 Å². The Bertz CT molecular complexity index is 467. The van der Waals surface area contributed by atoms with Gasteiger partial charge in [-0.3, -0.25) is 0 Å². The minimum Gasteiger partial charge on any atom is -0.344 e. The molecule has 0 fully saturated rings. The van der Waals surface area contributed by atoms with E-state index in [9.17, 15) is 0 Å². The third kappa shape index (κ3) is 0.955. The van der Waals surface area contributed by atoms with Crippen molar-refractivity contribution < 1.29 is 0 Å². The maximum atomic E-state index is 2.49. The lowest BCUT2D eigenvalue weighted by Gasteiger charge is -2.02. The number of aromatic nitrogens is 1. The van der Waals surface area contributed by atoms with E-state index in [0.29, 0.717) is 0 Å². The highest BCUT2D eigenvalue weighted by atomic mass is 15.0. The second-order valence-electron chi connectivity index (χ2n) is 4.17. The van der Waals surface area contributed by atoms with E-state index in [1.165, 1.54) is 30.3 Å². The standard InChI is InChI=1S/C13H15N/c1-2-10-7-8-14-12-6-4-3-5-11(12)9-13(10)14/h3-6,9-10H,2,7-8H2,1H3.